The number of nitrogens with zero attached hydrogens (tertiary/aromatic N) is 1. The standard InChI is InChI=1S/C14H15F2NO3S/c1-2-19-12-7-9(3-4-11(12)20-14(15)16)10(18)8-13-17-5-6-21-13/h3-7,10,14,18H,2,8H2,1H3. The summed E-state index contributed by atoms with van der Waals surface area (Å²) >= 11 is 1.45. The summed E-state index contributed by atoms with van der Waals surface area (Å²) in [6, 6.07) is 4.43. The van der Waals surface area contributed by atoms with Gasteiger partial charge in [-0.05, 0) is 24.6 Å². The molecule has 2 aromatic rings. The van der Waals surface area contributed by atoms with Crippen molar-refractivity contribution in [3.63, 3.8) is 0 Å². The third-order valence-electron chi connectivity index (χ3n) is 2.72. The fraction of sp³-hybridized carbons (Fsp3) is 0.357. The fourth-order valence-corrected chi connectivity index (χ4v) is 2.49. The van der Waals surface area contributed by atoms with Crippen molar-refractivity contribution < 1.29 is 23.4 Å². The van der Waals surface area contributed by atoms with Gasteiger partial charge < -0.3 is 14.6 Å². The Balaban J connectivity index is 2.17. The molecule has 1 aromatic carbocycles. The van der Waals surface area contributed by atoms with Gasteiger partial charge in [-0.15, -0.1) is 11.3 Å². The van der Waals surface area contributed by atoms with Gasteiger partial charge in [0.25, 0.3) is 0 Å². The van der Waals surface area contributed by atoms with Crippen LogP contribution in [-0.2, 0) is 6.42 Å². The number of aliphatic hydroxyl groups is 1. The molecule has 1 unspecified atom stereocenters. The topological polar surface area (TPSA) is 51.6 Å². The molecule has 4 nitrogen and oxygen atoms in total. The highest BCUT2D eigenvalue weighted by molar-refractivity contribution is 7.09. The maximum Gasteiger partial charge on any atom is 0.387 e. The van der Waals surface area contributed by atoms with Crippen LogP contribution < -0.4 is 9.47 Å². The summed E-state index contributed by atoms with van der Waals surface area (Å²) in [5, 5.41) is 12.8. The Morgan fingerprint density at radius 1 is 1.33 bits per heavy atom. The largest absolute Gasteiger partial charge is 0.490 e. The molecule has 7 heteroatoms. The van der Waals surface area contributed by atoms with Crippen LogP contribution >= 0.6 is 11.3 Å². The Morgan fingerprint density at radius 3 is 2.76 bits per heavy atom. The van der Waals surface area contributed by atoms with Gasteiger partial charge in [-0.3, -0.25) is 0 Å². The predicted octanol–water partition coefficient (Wildman–Crippen LogP) is 3.42. The van der Waals surface area contributed by atoms with Crippen molar-refractivity contribution in [3.05, 3.63) is 40.3 Å². The second-order valence-electron chi connectivity index (χ2n) is 4.16. The van der Waals surface area contributed by atoms with Crippen LogP contribution in [0.25, 0.3) is 0 Å². The Morgan fingerprint density at radius 2 is 2.14 bits per heavy atom. The summed E-state index contributed by atoms with van der Waals surface area (Å²) in [5.41, 5.74) is 0.565. The third-order valence-corrected chi connectivity index (χ3v) is 3.52. The molecule has 0 amide bonds. The molecule has 0 aliphatic carbocycles. The van der Waals surface area contributed by atoms with Crippen molar-refractivity contribution in [2.45, 2.75) is 26.1 Å². The van der Waals surface area contributed by atoms with E-state index in [2.05, 4.69) is 9.72 Å². The average molecular weight is 315 g/mol. The minimum atomic E-state index is -2.92. The summed E-state index contributed by atoms with van der Waals surface area (Å²) in [6.07, 6.45) is 1.24. The summed E-state index contributed by atoms with van der Waals surface area (Å²) in [5.74, 6) is 0.144. The lowest BCUT2D eigenvalue weighted by Crippen LogP contribution is -2.07. The normalized spacial score (nSPS) is 12.4. The molecule has 0 fully saturated rings. The van der Waals surface area contributed by atoms with Crippen molar-refractivity contribution >= 4 is 11.3 Å². The molecule has 0 saturated carbocycles. The van der Waals surface area contributed by atoms with Crippen LogP contribution in [0.5, 0.6) is 11.5 Å². The van der Waals surface area contributed by atoms with Gasteiger partial charge in [-0.1, -0.05) is 6.07 Å². The number of halogens is 2. The lowest BCUT2D eigenvalue weighted by Gasteiger charge is -2.15. The SMILES string of the molecule is CCOc1cc(C(O)Cc2nccs2)ccc1OC(F)F. The molecule has 114 valence electrons. The first-order chi connectivity index (χ1) is 10.1. The predicted molar refractivity (Wildman–Crippen MR) is 75.0 cm³/mol. The minimum absolute atomic E-state index is 0.0444. The summed E-state index contributed by atoms with van der Waals surface area (Å²) in [7, 11) is 0. The monoisotopic (exact) mass is 315 g/mol. The zero-order valence-electron chi connectivity index (χ0n) is 11.3. The van der Waals surface area contributed by atoms with Crippen LogP contribution in [0.2, 0.25) is 0 Å². The molecule has 1 N–H and O–H groups in total. The Bertz CT molecular complexity index is 563. The highest BCUT2D eigenvalue weighted by Gasteiger charge is 2.16. The Labute approximate surface area is 125 Å². The molecular weight excluding hydrogens is 300 g/mol. The Hall–Kier alpha value is -1.73. The summed E-state index contributed by atoms with van der Waals surface area (Å²) < 4.78 is 34.3. The number of alkyl halides is 2. The minimum Gasteiger partial charge on any atom is -0.490 e. The van der Waals surface area contributed by atoms with Crippen molar-refractivity contribution in [3.8, 4) is 11.5 Å². The summed E-state index contributed by atoms with van der Waals surface area (Å²) in [4.78, 5) is 4.10. The van der Waals surface area contributed by atoms with Gasteiger partial charge >= 0.3 is 6.61 Å². The third kappa shape index (κ3) is 4.37. The number of aliphatic hydroxyl groups excluding tert-OH is 1. The first-order valence-corrected chi connectivity index (χ1v) is 7.26. The van der Waals surface area contributed by atoms with Gasteiger partial charge in [0, 0.05) is 18.0 Å². The van der Waals surface area contributed by atoms with Gasteiger partial charge in [0.05, 0.1) is 17.7 Å². The number of thiazole rings is 1. The quantitative estimate of drug-likeness (QED) is 0.850. The van der Waals surface area contributed by atoms with E-state index in [4.69, 9.17) is 4.74 Å². The second-order valence-corrected chi connectivity index (χ2v) is 5.14. The number of aromatic nitrogens is 1. The molecular formula is C14H15F2NO3S. The fourth-order valence-electron chi connectivity index (χ4n) is 1.83. The molecule has 0 aliphatic heterocycles. The maximum atomic E-state index is 12.3. The van der Waals surface area contributed by atoms with Crippen LogP contribution in [-0.4, -0.2) is 23.3 Å². The second kappa shape index (κ2) is 7.33. The zero-order valence-corrected chi connectivity index (χ0v) is 12.1. The molecule has 2 rings (SSSR count). The van der Waals surface area contributed by atoms with E-state index in [1.54, 1.807) is 19.2 Å². The van der Waals surface area contributed by atoms with Gasteiger partial charge in [-0.2, -0.15) is 8.78 Å². The molecule has 0 radical (unpaired) electrons. The van der Waals surface area contributed by atoms with E-state index in [-0.39, 0.29) is 11.5 Å². The zero-order chi connectivity index (χ0) is 15.2. The molecule has 1 aromatic heterocycles. The van der Waals surface area contributed by atoms with Crippen LogP contribution in [0.15, 0.2) is 29.8 Å². The van der Waals surface area contributed by atoms with E-state index in [0.717, 1.165) is 5.01 Å². The molecule has 21 heavy (non-hydrogen) atoms. The van der Waals surface area contributed by atoms with Crippen LogP contribution in [0.3, 0.4) is 0 Å². The number of benzene rings is 1. The maximum absolute atomic E-state index is 12.3. The van der Waals surface area contributed by atoms with E-state index in [9.17, 15) is 13.9 Å². The van der Waals surface area contributed by atoms with E-state index < -0.39 is 12.7 Å². The first kappa shape index (κ1) is 15.7. The lowest BCUT2D eigenvalue weighted by atomic mass is 10.1. The number of rotatable bonds is 7. The van der Waals surface area contributed by atoms with Gasteiger partial charge in [0.15, 0.2) is 11.5 Å². The van der Waals surface area contributed by atoms with Gasteiger partial charge in [0.1, 0.15) is 0 Å². The van der Waals surface area contributed by atoms with Crippen LogP contribution in [0, 0.1) is 0 Å². The number of ether oxygens (including phenoxy) is 2. The Kier molecular flexibility index (Phi) is 5.46. The number of hydrogen-bond acceptors (Lipinski definition) is 5. The lowest BCUT2D eigenvalue weighted by molar-refractivity contribution is -0.0514. The molecule has 0 aliphatic rings. The summed E-state index contributed by atoms with van der Waals surface area (Å²) in [6.45, 7) is -0.869. The van der Waals surface area contributed by atoms with E-state index in [0.29, 0.717) is 18.6 Å². The van der Waals surface area contributed by atoms with Crippen LogP contribution in [0.1, 0.15) is 23.6 Å². The molecule has 1 heterocycles. The molecule has 0 spiro atoms. The van der Waals surface area contributed by atoms with Gasteiger partial charge in [0.2, 0.25) is 0 Å². The van der Waals surface area contributed by atoms with E-state index in [1.165, 1.54) is 23.5 Å². The average Bonchev–Trinajstić information content (AvgIpc) is 2.93. The molecule has 0 bridgehead atoms. The van der Waals surface area contributed by atoms with Crippen LogP contribution in [0.4, 0.5) is 8.78 Å². The van der Waals surface area contributed by atoms with Crippen molar-refractivity contribution in [2.24, 2.45) is 0 Å². The van der Waals surface area contributed by atoms with E-state index >= 15 is 0 Å². The molecule has 1 atom stereocenters. The first-order valence-electron chi connectivity index (χ1n) is 6.38. The smallest absolute Gasteiger partial charge is 0.387 e. The van der Waals surface area contributed by atoms with E-state index in [1.807, 2.05) is 5.38 Å². The highest BCUT2D eigenvalue weighted by Crippen LogP contribution is 2.32. The van der Waals surface area contributed by atoms with Gasteiger partial charge in [-0.25, -0.2) is 4.98 Å². The van der Waals surface area contributed by atoms with Crippen molar-refractivity contribution in [2.75, 3.05) is 6.61 Å². The van der Waals surface area contributed by atoms with Crippen molar-refractivity contribution in [1.29, 1.82) is 0 Å². The highest BCUT2D eigenvalue weighted by atomic mass is 32.1. The molecule has 0 saturated heterocycles. The number of hydrogen-bond donors (Lipinski definition) is 1. The van der Waals surface area contributed by atoms with Crippen molar-refractivity contribution in [1.82, 2.24) is 4.98 Å².